The number of amides is 1. The molecule has 1 atom stereocenters. The Kier molecular flexibility index (Phi) is 6.49. The molecule has 0 aliphatic rings. The second-order valence-electron chi connectivity index (χ2n) is 6.17. The van der Waals surface area contributed by atoms with Gasteiger partial charge in [-0.1, -0.05) is 32.0 Å². The van der Waals surface area contributed by atoms with Crippen LogP contribution in [0.25, 0.3) is 0 Å². The number of rotatable bonds is 8. The van der Waals surface area contributed by atoms with Crippen LogP contribution < -0.4 is 10.1 Å². The summed E-state index contributed by atoms with van der Waals surface area (Å²) in [6.45, 7) is 3.89. The van der Waals surface area contributed by atoms with Crippen LogP contribution in [0.3, 0.4) is 0 Å². The van der Waals surface area contributed by atoms with Crippen LogP contribution in [0, 0.1) is 5.92 Å². The summed E-state index contributed by atoms with van der Waals surface area (Å²) in [5.41, 5.74) is 1.32. The maximum absolute atomic E-state index is 12.2. The van der Waals surface area contributed by atoms with Crippen LogP contribution in [0.1, 0.15) is 40.1 Å². The number of ether oxygens (including phenoxy) is 1. The maximum atomic E-state index is 12.2. The molecular formula is C20H21NO5. The van der Waals surface area contributed by atoms with Gasteiger partial charge < -0.3 is 20.0 Å². The SMILES string of the molecule is CC(C)C(C=O)NC(=O)c1ccc(COc2cccc(O)c2C=O)cc1. The molecule has 0 saturated heterocycles. The Labute approximate surface area is 151 Å². The molecule has 1 amide bonds. The van der Waals surface area contributed by atoms with E-state index in [9.17, 15) is 19.5 Å². The number of phenolic OH excluding ortho intramolecular Hbond substituents is 1. The molecule has 0 fully saturated rings. The molecule has 1 unspecified atom stereocenters. The maximum Gasteiger partial charge on any atom is 0.251 e. The zero-order valence-corrected chi connectivity index (χ0v) is 14.6. The van der Waals surface area contributed by atoms with Crippen molar-refractivity contribution in [3.8, 4) is 11.5 Å². The van der Waals surface area contributed by atoms with Gasteiger partial charge in [0.2, 0.25) is 0 Å². The lowest BCUT2D eigenvalue weighted by Crippen LogP contribution is -2.39. The summed E-state index contributed by atoms with van der Waals surface area (Å²) >= 11 is 0. The van der Waals surface area contributed by atoms with E-state index in [0.29, 0.717) is 11.8 Å². The molecule has 2 N–H and O–H groups in total. The quantitative estimate of drug-likeness (QED) is 0.710. The monoisotopic (exact) mass is 355 g/mol. The summed E-state index contributed by atoms with van der Waals surface area (Å²) in [5, 5.41) is 12.3. The van der Waals surface area contributed by atoms with Crippen LogP contribution in [0.15, 0.2) is 42.5 Å². The van der Waals surface area contributed by atoms with Crippen molar-refractivity contribution in [1.29, 1.82) is 0 Å². The predicted molar refractivity (Wildman–Crippen MR) is 96.4 cm³/mol. The number of carbonyl (C=O) groups excluding carboxylic acids is 3. The number of benzene rings is 2. The van der Waals surface area contributed by atoms with Crippen molar-refractivity contribution in [1.82, 2.24) is 5.32 Å². The van der Waals surface area contributed by atoms with E-state index in [1.807, 2.05) is 13.8 Å². The zero-order valence-electron chi connectivity index (χ0n) is 14.6. The van der Waals surface area contributed by atoms with Crippen LogP contribution in [-0.2, 0) is 11.4 Å². The molecule has 6 nitrogen and oxygen atoms in total. The number of aldehydes is 2. The van der Waals surface area contributed by atoms with Gasteiger partial charge in [-0.15, -0.1) is 0 Å². The number of hydrogen-bond donors (Lipinski definition) is 2. The molecule has 0 aromatic heterocycles. The molecule has 0 heterocycles. The summed E-state index contributed by atoms with van der Waals surface area (Å²) < 4.78 is 5.57. The number of carbonyl (C=O) groups is 3. The lowest BCUT2D eigenvalue weighted by molar-refractivity contribution is -0.110. The van der Waals surface area contributed by atoms with Crippen LogP contribution in [-0.4, -0.2) is 29.6 Å². The Balaban J connectivity index is 2.02. The van der Waals surface area contributed by atoms with Gasteiger partial charge in [0, 0.05) is 5.56 Å². The Hall–Kier alpha value is -3.15. The third-order valence-electron chi connectivity index (χ3n) is 3.93. The molecule has 26 heavy (non-hydrogen) atoms. The van der Waals surface area contributed by atoms with Crippen molar-refractivity contribution in [2.24, 2.45) is 5.92 Å². The van der Waals surface area contributed by atoms with E-state index >= 15 is 0 Å². The van der Waals surface area contributed by atoms with Crippen LogP contribution in [0.5, 0.6) is 11.5 Å². The van der Waals surface area contributed by atoms with Gasteiger partial charge in [-0.05, 0) is 35.7 Å². The summed E-state index contributed by atoms with van der Waals surface area (Å²) in [5.74, 6) is -0.162. The highest BCUT2D eigenvalue weighted by molar-refractivity contribution is 5.95. The second-order valence-corrected chi connectivity index (χ2v) is 6.17. The fourth-order valence-corrected chi connectivity index (χ4v) is 2.28. The molecule has 2 rings (SSSR count). The van der Waals surface area contributed by atoms with Crippen molar-refractivity contribution in [3.05, 3.63) is 59.2 Å². The first kappa shape index (κ1) is 19.2. The van der Waals surface area contributed by atoms with Gasteiger partial charge in [-0.2, -0.15) is 0 Å². The van der Waals surface area contributed by atoms with Crippen molar-refractivity contribution in [2.75, 3.05) is 0 Å². The van der Waals surface area contributed by atoms with E-state index in [-0.39, 0.29) is 35.5 Å². The molecular weight excluding hydrogens is 334 g/mol. The van der Waals surface area contributed by atoms with Gasteiger partial charge in [-0.3, -0.25) is 9.59 Å². The molecule has 0 aliphatic heterocycles. The van der Waals surface area contributed by atoms with Gasteiger partial charge in [-0.25, -0.2) is 0 Å². The molecule has 136 valence electrons. The fraction of sp³-hybridized carbons (Fsp3) is 0.250. The van der Waals surface area contributed by atoms with Gasteiger partial charge in [0.05, 0.1) is 11.6 Å². The first-order valence-corrected chi connectivity index (χ1v) is 8.21. The summed E-state index contributed by atoms with van der Waals surface area (Å²) in [6, 6.07) is 10.8. The molecule has 0 spiro atoms. The van der Waals surface area contributed by atoms with Crippen molar-refractivity contribution in [2.45, 2.75) is 26.5 Å². The average Bonchev–Trinajstić information content (AvgIpc) is 2.64. The number of hydrogen-bond acceptors (Lipinski definition) is 5. The number of aromatic hydroxyl groups is 1. The van der Waals surface area contributed by atoms with Crippen molar-refractivity contribution in [3.63, 3.8) is 0 Å². The average molecular weight is 355 g/mol. The van der Waals surface area contributed by atoms with Gasteiger partial charge in [0.1, 0.15) is 24.4 Å². The minimum atomic E-state index is -0.530. The van der Waals surface area contributed by atoms with Crippen LogP contribution in [0.2, 0.25) is 0 Å². The van der Waals surface area contributed by atoms with Gasteiger partial charge in [0.15, 0.2) is 6.29 Å². The third-order valence-corrected chi connectivity index (χ3v) is 3.93. The molecule has 0 aliphatic carbocycles. The van der Waals surface area contributed by atoms with E-state index in [4.69, 9.17) is 4.74 Å². The predicted octanol–water partition coefficient (Wildman–Crippen LogP) is 2.74. The Morgan fingerprint density at radius 3 is 2.42 bits per heavy atom. The summed E-state index contributed by atoms with van der Waals surface area (Å²) in [7, 11) is 0. The third kappa shape index (κ3) is 4.69. The Bertz CT molecular complexity index is 783. The highest BCUT2D eigenvalue weighted by Gasteiger charge is 2.16. The first-order chi connectivity index (χ1) is 12.5. The minimum absolute atomic E-state index is 0.0124. The largest absolute Gasteiger partial charge is 0.507 e. The molecule has 0 bridgehead atoms. The van der Waals surface area contributed by atoms with Gasteiger partial charge in [0.25, 0.3) is 5.91 Å². The molecule has 0 radical (unpaired) electrons. The molecule has 6 heteroatoms. The molecule has 0 saturated carbocycles. The number of phenols is 1. The second kappa shape index (κ2) is 8.80. The topological polar surface area (TPSA) is 92.7 Å². The van der Waals surface area contributed by atoms with Crippen LogP contribution in [0.4, 0.5) is 0 Å². The van der Waals surface area contributed by atoms with Crippen molar-refractivity contribution < 1.29 is 24.2 Å². The Morgan fingerprint density at radius 1 is 1.15 bits per heavy atom. The van der Waals surface area contributed by atoms with E-state index in [1.165, 1.54) is 6.07 Å². The van der Waals surface area contributed by atoms with Crippen LogP contribution >= 0.6 is 0 Å². The smallest absolute Gasteiger partial charge is 0.251 e. The van der Waals surface area contributed by atoms with Crippen molar-refractivity contribution >= 4 is 18.5 Å². The lowest BCUT2D eigenvalue weighted by atomic mass is 10.1. The standard InChI is InChI=1S/C20H21NO5/c1-13(2)17(11-23)21-20(25)15-8-6-14(7-9-15)12-26-19-5-3-4-18(24)16(19)10-22/h3-11,13,17,24H,12H2,1-2H3,(H,21,25). The summed E-state index contributed by atoms with van der Waals surface area (Å²) in [6.07, 6.45) is 1.26. The fourth-order valence-electron chi connectivity index (χ4n) is 2.28. The van der Waals surface area contributed by atoms with E-state index < -0.39 is 6.04 Å². The summed E-state index contributed by atoms with van der Waals surface area (Å²) in [4.78, 5) is 34.2. The minimum Gasteiger partial charge on any atom is -0.507 e. The lowest BCUT2D eigenvalue weighted by Gasteiger charge is -2.16. The normalized spacial score (nSPS) is 11.7. The zero-order chi connectivity index (χ0) is 19.1. The Morgan fingerprint density at radius 2 is 1.85 bits per heavy atom. The molecule has 2 aromatic rings. The van der Waals surface area contributed by atoms with E-state index in [1.54, 1.807) is 36.4 Å². The van der Waals surface area contributed by atoms with E-state index in [0.717, 1.165) is 11.8 Å². The van der Waals surface area contributed by atoms with Gasteiger partial charge >= 0.3 is 0 Å². The van der Waals surface area contributed by atoms with E-state index in [2.05, 4.69) is 5.32 Å². The number of nitrogens with one attached hydrogen (secondary N) is 1. The first-order valence-electron chi connectivity index (χ1n) is 8.21. The highest BCUT2D eigenvalue weighted by atomic mass is 16.5. The molecule has 2 aromatic carbocycles. The highest BCUT2D eigenvalue weighted by Crippen LogP contribution is 2.26.